The minimum absolute atomic E-state index is 0.0581. The standard InChI is InChI=1S/C8H10N4O2/c1-2-11-3-4-12(8(11)13)5-7-9-6-14-10-7/h3-4,6H,2,5H2,1H3. The second-order valence-electron chi connectivity index (χ2n) is 2.84. The van der Waals surface area contributed by atoms with Gasteiger partial charge in [-0.2, -0.15) is 4.98 Å². The number of aromatic nitrogens is 4. The fraction of sp³-hybridized carbons (Fsp3) is 0.375. The van der Waals surface area contributed by atoms with E-state index in [2.05, 4.69) is 14.7 Å². The zero-order chi connectivity index (χ0) is 9.97. The number of rotatable bonds is 3. The van der Waals surface area contributed by atoms with Crippen molar-refractivity contribution in [2.45, 2.75) is 20.0 Å². The minimum atomic E-state index is -0.0581. The van der Waals surface area contributed by atoms with Crippen molar-refractivity contribution >= 4 is 0 Å². The maximum absolute atomic E-state index is 11.6. The normalized spacial score (nSPS) is 10.6. The summed E-state index contributed by atoms with van der Waals surface area (Å²) in [6.45, 7) is 2.93. The molecule has 2 aromatic rings. The van der Waals surface area contributed by atoms with Crippen molar-refractivity contribution in [3.63, 3.8) is 0 Å². The minimum Gasteiger partial charge on any atom is -0.343 e. The first-order valence-corrected chi connectivity index (χ1v) is 4.32. The molecule has 0 amide bonds. The highest BCUT2D eigenvalue weighted by atomic mass is 16.5. The van der Waals surface area contributed by atoms with E-state index in [1.54, 1.807) is 17.0 Å². The molecule has 0 aliphatic carbocycles. The van der Waals surface area contributed by atoms with Gasteiger partial charge in [-0.15, -0.1) is 0 Å². The molecular weight excluding hydrogens is 184 g/mol. The average molecular weight is 194 g/mol. The fourth-order valence-electron chi connectivity index (χ4n) is 1.23. The lowest BCUT2D eigenvalue weighted by Gasteiger charge is -1.95. The summed E-state index contributed by atoms with van der Waals surface area (Å²) < 4.78 is 7.72. The molecule has 74 valence electrons. The molecule has 0 saturated heterocycles. The van der Waals surface area contributed by atoms with Crippen molar-refractivity contribution in [1.29, 1.82) is 0 Å². The van der Waals surface area contributed by atoms with Crippen molar-refractivity contribution in [3.8, 4) is 0 Å². The third-order valence-electron chi connectivity index (χ3n) is 1.98. The predicted octanol–water partition coefficient (Wildman–Crippen LogP) is 0.101. The van der Waals surface area contributed by atoms with Crippen molar-refractivity contribution in [3.05, 3.63) is 35.1 Å². The molecule has 0 N–H and O–H groups in total. The lowest BCUT2D eigenvalue weighted by molar-refractivity contribution is 0.407. The molecule has 6 heteroatoms. The van der Waals surface area contributed by atoms with Crippen LogP contribution in [0.1, 0.15) is 12.7 Å². The first-order chi connectivity index (χ1) is 6.81. The molecule has 0 aliphatic rings. The van der Waals surface area contributed by atoms with E-state index < -0.39 is 0 Å². The fourth-order valence-corrected chi connectivity index (χ4v) is 1.23. The van der Waals surface area contributed by atoms with Crippen LogP contribution in [0.25, 0.3) is 0 Å². The van der Waals surface area contributed by atoms with E-state index in [9.17, 15) is 4.79 Å². The smallest absolute Gasteiger partial charge is 0.328 e. The lowest BCUT2D eigenvalue weighted by atomic mass is 10.6. The molecule has 0 bridgehead atoms. The summed E-state index contributed by atoms with van der Waals surface area (Å²) in [6, 6.07) is 0. The van der Waals surface area contributed by atoms with Crippen LogP contribution >= 0.6 is 0 Å². The van der Waals surface area contributed by atoms with Gasteiger partial charge in [0.25, 0.3) is 0 Å². The molecule has 0 aromatic carbocycles. The molecule has 0 radical (unpaired) electrons. The van der Waals surface area contributed by atoms with Crippen LogP contribution in [0.5, 0.6) is 0 Å². The van der Waals surface area contributed by atoms with Crippen molar-refractivity contribution in [2.75, 3.05) is 0 Å². The summed E-state index contributed by atoms with van der Waals surface area (Å²) in [4.78, 5) is 15.4. The van der Waals surface area contributed by atoms with Gasteiger partial charge in [0, 0.05) is 18.9 Å². The quantitative estimate of drug-likeness (QED) is 0.695. The van der Waals surface area contributed by atoms with Gasteiger partial charge in [0.05, 0.1) is 6.54 Å². The third-order valence-corrected chi connectivity index (χ3v) is 1.98. The zero-order valence-corrected chi connectivity index (χ0v) is 7.75. The van der Waals surface area contributed by atoms with Gasteiger partial charge in [0.15, 0.2) is 5.82 Å². The maximum atomic E-state index is 11.6. The van der Waals surface area contributed by atoms with Gasteiger partial charge >= 0.3 is 5.69 Å². The SMILES string of the molecule is CCn1ccn(Cc2ncon2)c1=O. The highest BCUT2D eigenvalue weighted by molar-refractivity contribution is 4.87. The van der Waals surface area contributed by atoms with Gasteiger partial charge < -0.3 is 4.52 Å². The molecule has 2 heterocycles. The maximum Gasteiger partial charge on any atom is 0.328 e. The van der Waals surface area contributed by atoms with E-state index in [1.807, 2.05) is 6.92 Å². The largest absolute Gasteiger partial charge is 0.343 e. The van der Waals surface area contributed by atoms with Crippen molar-refractivity contribution in [2.24, 2.45) is 0 Å². The first-order valence-electron chi connectivity index (χ1n) is 4.32. The van der Waals surface area contributed by atoms with E-state index in [0.29, 0.717) is 18.9 Å². The van der Waals surface area contributed by atoms with Crippen LogP contribution in [0.3, 0.4) is 0 Å². The highest BCUT2D eigenvalue weighted by Gasteiger charge is 2.04. The van der Waals surface area contributed by atoms with E-state index in [0.717, 1.165) is 0 Å². The van der Waals surface area contributed by atoms with Gasteiger partial charge in [-0.25, -0.2) is 4.79 Å². The first kappa shape index (κ1) is 8.74. The van der Waals surface area contributed by atoms with E-state index >= 15 is 0 Å². The second kappa shape index (κ2) is 3.49. The van der Waals surface area contributed by atoms with Crippen molar-refractivity contribution < 1.29 is 4.52 Å². The van der Waals surface area contributed by atoms with Gasteiger partial charge in [-0.05, 0) is 6.92 Å². The number of nitrogens with zero attached hydrogens (tertiary/aromatic N) is 4. The Kier molecular flexibility index (Phi) is 2.18. The Morgan fingerprint density at radius 1 is 1.43 bits per heavy atom. The topological polar surface area (TPSA) is 65.8 Å². The highest BCUT2D eigenvalue weighted by Crippen LogP contribution is 1.92. The molecule has 0 fully saturated rings. The summed E-state index contributed by atoms with van der Waals surface area (Å²) >= 11 is 0. The molecule has 2 aromatic heterocycles. The van der Waals surface area contributed by atoms with Gasteiger partial charge in [0.2, 0.25) is 6.39 Å². The molecule has 0 atom stereocenters. The van der Waals surface area contributed by atoms with Crippen LogP contribution in [0, 0.1) is 0 Å². The molecular formula is C8H10N4O2. The van der Waals surface area contributed by atoms with Crippen LogP contribution < -0.4 is 5.69 Å². The van der Waals surface area contributed by atoms with Crippen molar-refractivity contribution in [1.82, 2.24) is 19.3 Å². The van der Waals surface area contributed by atoms with E-state index in [1.165, 1.54) is 11.0 Å². The molecule has 6 nitrogen and oxygen atoms in total. The average Bonchev–Trinajstić information content (AvgIpc) is 2.79. The molecule has 0 spiro atoms. The van der Waals surface area contributed by atoms with Crippen LogP contribution in [0.4, 0.5) is 0 Å². The summed E-state index contributed by atoms with van der Waals surface area (Å²) in [5.41, 5.74) is -0.0581. The Morgan fingerprint density at radius 2 is 2.21 bits per heavy atom. The lowest BCUT2D eigenvalue weighted by Crippen LogP contribution is -2.24. The number of aryl methyl sites for hydroxylation is 1. The van der Waals surface area contributed by atoms with Gasteiger partial charge in [-0.3, -0.25) is 9.13 Å². The van der Waals surface area contributed by atoms with Crippen LogP contribution in [0.2, 0.25) is 0 Å². The Balaban J connectivity index is 2.26. The third kappa shape index (κ3) is 1.46. The summed E-state index contributed by atoms with van der Waals surface area (Å²) in [7, 11) is 0. The predicted molar refractivity (Wildman–Crippen MR) is 47.8 cm³/mol. The zero-order valence-electron chi connectivity index (χ0n) is 7.75. The van der Waals surface area contributed by atoms with Crippen LogP contribution in [-0.4, -0.2) is 19.3 Å². The number of imidazole rings is 1. The molecule has 14 heavy (non-hydrogen) atoms. The Bertz CT molecular complexity index is 454. The summed E-state index contributed by atoms with van der Waals surface area (Å²) in [5.74, 6) is 0.501. The summed E-state index contributed by atoms with van der Waals surface area (Å²) in [6.07, 6.45) is 4.70. The Labute approximate surface area is 79.8 Å². The number of hydrogen-bond acceptors (Lipinski definition) is 4. The van der Waals surface area contributed by atoms with Gasteiger partial charge in [0.1, 0.15) is 0 Å². The van der Waals surface area contributed by atoms with Gasteiger partial charge in [-0.1, -0.05) is 5.16 Å². The number of hydrogen-bond donors (Lipinski definition) is 0. The molecule has 2 rings (SSSR count). The molecule has 0 aliphatic heterocycles. The molecule has 0 saturated carbocycles. The van der Waals surface area contributed by atoms with Crippen LogP contribution in [0.15, 0.2) is 28.1 Å². The van der Waals surface area contributed by atoms with Crippen LogP contribution in [-0.2, 0) is 13.1 Å². The Morgan fingerprint density at radius 3 is 2.79 bits per heavy atom. The molecule has 0 unspecified atom stereocenters. The van der Waals surface area contributed by atoms with E-state index in [4.69, 9.17) is 0 Å². The monoisotopic (exact) mass is 194 g/mol. The van der Waals surface area contributed by atoms with E-state index in [-0.39, 0.29) is 5.69 Å². The second-order valence-corrected chi connectivity index (χ2v) is 2.84. The summed E-state index contributed by atoms with van der Waals surface area (Å²) in [5, 5.41) is 3.63. The Hall–Kier alpha value is -1.85.